The molecule has 5 rings (SSSR count). The Morgan fingerprint density at radius 1 is 1.05 bits per heavy atom. The predicted molar refractivity (Wildman–Crippen MR) is 141 cm³/mol. The second-order valence-corrected chi connectivity index (χ2v) is 10.5. The van der Waals surface area contributed by atoms with Crippen molar-refractivity contribution in [1.29, 1.82) is 0 Å². The van der Waals surface area contributed by atoms with E-state index in [2.05, 4.69) is 25.3 Å². The highest BCUT2D eigenvalue weighted by Crippen LogP contribution is 2.32. The van der Waals surface area contributed by atoms with Crippen molar-refractivity contribution in [1.82, 2.24) is 14.7 Å². The molecule has 0 radical (unpaired) electrons. The number of fused-ring (bicyclic) bond motifs is 2. The largest absolute Gasteiger partial charge is 0.480 e. The first-order valence-corrected chi connectivity index (χ1v) is 13.3. The normalized spacial score (nSPS) is 15.6. The number of carboxylic acids is 1. The molecular weight excluding hydrogens is 526 g/mol. The zero-order valence-electron chi connectivity index (χ0n) is 20.2. The number of sulfonamides is 1. The maximum atomic E-state index is 12.6. The number of hydrogen-bond acceptors (Lipinski definition) is 7. The maximum absolute atomic E-state index is 12.6. The van der Waals surface area contributed by atoms with Gasteiger partial charge in [0.25, 0.3) is 5.91 Å². The highest BCUT2D eigenvalue weighted by atomic mass is 32.2. The quantitative estimate of drug-likeness (QED) is 0.211. The Balaban J connectivity index is 1.24. The van der Waals surface area contributed by atoms with E-state index in [9.17, 15) is 27.9 Å². The van der Waals surface area contributed by atoms with Crippen molar-refractivity contribution in [2.75, 3.05) is 10.6 Å². The highest BCUT2D eigenvalue weighted by Gasteiger charge is 2.31. The van der Waals surface area contributed by atoms with Crippen molar-refractivity contribution in [3.63, 3.8) is 0 Å². The molecule has 4 aromatic rings. The number of carbonyl (C=O) groups excluding carboxylic acids is 2. The fourth-order valence-electron chi connectivity index (χ4n) is 4.09. The molecule has 0 saturated carbocycles. The minimum Gasteiger partial charge on any atom is -0.480 e. The molecule has 1 aliphatic rings. The number of aromatic nitrogens is 2. The molecular formula is C26H23N5O7S. The van der Waals surface area contributed by atoms with E-state index >= 15 is 0 Å². The Morgan fingerprint density at radius 3 is 2.54 bits per heavy atom. The van der Waals surface area contributed by atoms with Gasteiger partial charge in [-0.25, -0.2) is 13.4 Å². The number of anilines is 2. The Bertz CT molecular complexity index is 1640. The molecule has 12 nitrogen and oxygen atoms in total. The maximum Gasteiger partial charge on any atom is 0.322 e. The molecule has 1 aliphatic heterocycles. The number of imidazole rings is 1. The number of H-pyrrole nitrogens is 1. The molecule has 2 amide bonds. The lowest BCUT2D eigenvalue weighted by Crippen LogP contribution is -2.42. The molecule has 2 atom stereocenters. The van der Waals surface area contributed by atoms with E-state index in [0.717, 1.165) is 5.52 Å². The highest BCUT2D eigenvalue weighted by molar-refractivity contribution is 7.89. The third-order valence-electron chi connectivity index (χ3n) is 5.97. The summed E-state index contributed by atoms with van der Waals surface area (Å²) in [7, 11) is -4.07. The second kappa shape index (κ2) is 10.6. The van der Waals surface area contributed by atoms with Crippen LogP contribution in [0.4, 0.5) is 11.6 Å². The van der Waals surface area contributed by atoms with Gasteiger partial charge in [-0.3, -0.25) is 19.7 Å². The van der Waals surface area contributed by atoms with Crippen LogP contribution in [0.5, 0.6) is 5.75 Å². The molecule has 1 unspecified atom stereocenters. The summed E-state index contributed by atoms with van der Waals surface area (Å²) in [6, 6.07) is 17.8. The van der Waals surface area contributed by atoms with Gasteiger partial charge in [-0.05, 0) is 48.4 Å². The van der Waals surface area contributed by atoms with Crippen molar-refractivity contribution in [2.24, 2.45) is 0 Å². The number of hydrogen-bond donors (Lipinski definition) is 5. The Labute approximate surface area is 222 Å². The second-order valence-electron chi connectivity index (χ2n) is 8.81. The zero-order valence-corrected chi connectivity index (χ0v) is 21.1. The van der Waals surface area contributed by atoms with Gasteiger partial charge in [-0.15, -0.1) is 0 Å². The molecule has 5 N–H and O–H groups in total. The number of nitrogens with one attached hydrogen (secondary N) is 4. The van der Waals surface area contributed by atoms with Crippen molar-refractivity contribution >= 4 is 50.5 Å². The number of nitrogens with zero attached hydrogens (tertiary/aromatic N) is 1. The van der Waals surface area contributed by atoms with Crippen LogP contribution in [0.15, 0.2) is 77.7 Å². The zero-order chi connectivity index (χ0) is 27.6. The number of aliphatic carboxylic acids is 1. The van der Waals surface area contributed by atoms with Gasteiger partial charge in [0.05, 0.1) is 28.0 Å². The fourth-order valence-corrected chi connectivity index (χ4v) is 5.30. The van der Waals surface area contributed by atoms with Crippen LogP contribution >= 0.6 is 0 Å². The molecule has 0 bridgehead atoms. The van der Waals surface area contributed by atoms with Crippen molar-refractivity contribution < 1.29 is 32.6 Å². The molecule has 0 fully saturated rings. The third kappa shape index (κ3) is 5.89. The first kappa shape index (κ1) is 25.9. The van der Waals surface area contributed by atoms with E-state index in [0.29, 0.717) is 11.1 Å². The van der Waals surface area contributed by atoms with Crippen LogP contribution in [0, 0.1) is 0 Å². The molecule has 39 heavy (non-hydrogen) atoms. The summed E-state index contributed by atoms with van der Waals surface area (Å²) in [5.41, 5.74) is 2.16. The molecule has 0 saturated heterocycles. The van der Waals surface area contributed by atoms with Crippen LogP contribution in [0.25, 0.3) is 11.0 Å². The molecule has 3 aromatic carbocycles. The van der Waals surface area contributed by atoms with Gasteiger partial charge in [0, 0.05) is 0 Å². The van der Waals surface area contributed by atoms with Gasteiger partial charge in [0.2, 0.25) is 21.9 Å². The molecule has 1 aromatic heterocycles. The van der Waals surface area contributed by atoms with Crippen molar-refractivity contribution in [3.05, 3.63) is 78.4 Å². The Hall–Kier alpha value is -4.75. The first-order valence-electron chi connectivity index (χ1n) is 11.8. The van der Waals surface area contributed by atoms with Gasteiger partial charge in [0.15, 0.2) is 6.10 Å². The first-order chi connectivity index (χ1) is 18.7. The fraction of sp³-hybridized carbons (Fsp3) is 0.154. The number of amides is 2. The van der Waals surface area contributed by atoms with Crippen molar-refractivity contribution in [3.8, 4) is 5.75 Å². The van der Waals surface area contributed by atoms with E-state index in [4.69, 9.17) is 4.74 Å². The monoisotopic (exact) mass is 549 g/mol. The summed E-state index contributed by atoms with van der Waals surface area (Å²) in [6.45, 7) is 0. The number of rotatable bonds is 9. The van der Waals surface area contributed by atoms with Crippen LogP contribution in [0.1, 0.15) is 12.0 Å². The number of aromatic amines is 1. The van der Waals surface area contributed by atoms with E-state index in [1.54, 1.807) is 18.2 Å². The van der Waals surface area contributed by atoms with Gasteiger partial charge in [0.1, 0.15) is 11.8 Å². The summed E-state index contributed by atoms with van der Waals surface area (Å²) < 4.78 is 33.1. The summed E-state index contributed by atoms with van der Waals surface area (Å²) in [4.78, 5) is 44.2. The van der Waals surface area contributed by atoms with Crippen LogP contribution in [0.3, 0.4) is 0 Å². The van der Waals surface area contributed by atoms with Crippen LogP contribution < -0.4 is 20.1 Å². The number of carboxylic acid groups (broad SMARTS) is 1. The van der Waals surface area contributed by atoms with Crippen LogP contribution in [-0.2, 0) is 30.8 Å². The van der Waals surface area contributed by atoms with Gasteiger partial charge < -0.3 is 20.1 Å². The summed E-state index contributed by atoms with van der Waals surface area (Å²) in [5.74, 6) is -1.86. The van der Waals surface area contributed by atoms with Crippen molar-refractivity contribution in [2.45, 2.75) is 29.9 Å². The molecule has 2 heterocycles. The van der Waals surface area contributed by atoms with E-state index in [-0.39, 0.29) is 35.1 Å². The lowest BCUT2D eigenvalue weighted by atomic mass is 10.0. The van der Waals surface area contributed by atoms with Gasteiger partial charge >= 0.3 is 5.97 Å². The standard InChI is InChI=1S/C26H23N5O7S/c32-23(30-26-28-17-8-4-5-9-18(17)29-26)14-22-24(33)27-19-12-15(10-11-21(19)38-22)13-20(25(34)35)31-39(36,37)16-6-2-1-3-7-16/h1-12,20,22,31H,13-14H2,(H,27,33)(H,34,35)(H2,28,29,30,32)/t20-,22?/m0/s1. The molecule has 200 valence electrons. The van der Waals surface area contributed by atoms with E-state index in [1.165, 1.54) is 36.4 Å². The average Bonchev–Trinajstić information content (AvgIpc) is 3.31. The summed E-state index contributed by atoms with van der Waals surface area (Å²) in [6.07, 6.45) is -1.56. The molecule has 0 spiro atoms. The van der Waals surface area contributed by atoms with E-state index < -0.39 is 40.0 Å². The number of ether oxygens (including phenoxy) is 1. The summed E-state index contributed by atoms with van der Waals surface area (Å²) in [5, 5.41) is 14.9. The van der Waals surface area contributed by atoms with Crippen LogP contribution in [-0.4, -0.2) is 53.4 Å². The van der Waals surface area contributed by atoms with E-state index in [1.807, 2.05) is 18.2 Å². The predicted octanol–water partition coefficient (Wildman–Crippen LogP) is 2.27. The SMILES string of the molecule is O=C(CC1Oc2ccc(C[C@H](NS(=O)(=O)c3ccccc3)C(=O)O)cc2NC1=O)Nc1nc2ccccc2[nH]1. The minimum absolute atomic E-state index is 0.0576. The lowest BCUT2D eigenvalue weighted by Gasteiger charge is -2.26. The smallest absolute Gasteiger partial charge is 0.322 e. The summed E-state index contributed by atoms with van der Waals surface area (Å²) >= 11 is 0. The Kier molecular flexibility index (Phi) is 7.00. The van der Waals surface area contributed by atoms with Gasteiger partial charge in [-0.1, -0.05) is 36.4 Å². The topological polar surface area (TPSA) is 180 Å². The minimum atomic E-state index is -4.07. The molecule has 13 heteroatoms. The average molecular weight is 550 g/mol. The Morgan fingerprint density at radius 2 is 1.79 bits per heavy atom. The number of benzene rings is 3. The van der Waals surface area contributed by atoms with Gasteiger partial charge in [-0.2, -0.15) is 4.72 Å². The molecule has 0 aliphatic carbocycles. The lowest BCUT2D eigenvalue weighted by molar-refractivity contribution is -0.139. The third-order valence-corrected chi connectivity index (χ3v) is 7.46. The number of para-hydroxylation sites is 2. The van der Waals surface area contributed by atoms with Crippen LogP contribution in [0.2, 0.25) is 0 Å². The number of carbonyl (C=O) groups is 3.